The summed E-state index contributed by atoms with van der Waals surface area (Å²) >= 11 is 0. The summed E-state index contributed by atoms with van der Waals surface area (Å²) in [6.07, 6.45) is 10.3. The fourth-order valence-corrected chi connectivity index (χ4v) is 1.98. The number of rotatable bonds is 8. The lowest BCUT2D eigenvalue weighted by Crippen LogP contribution is -2.18. The zero-order valence-corrected chi connectivity index (χ0v) is 13.0. The molecule has 0 amide bonds. The van der Waals surface area contributed by atoms with E-state index in [9.17, 15) is 0 Å². The Morgan fingerprint density at radius 3 is 2.50 bits per heavy atom. The Morgan fingerprint density at radius 1 is 1.22 bits per heavy atom. The van der Waals surface area contributed by atoms with Crippen molar-refractivity contribution in [3.8, 4) is 11.8 Å². The molecule has 0 aromatic rings. The first-order valence-corrected chi connectivity index (χ1v) is 7.50. The molecule has 0 aromatic carbocycles. The Balaban J connectivity index is 4.02. The van der Waals surface area contributed by atoms with Crippen LogP contribution >= 0.6 is 0 Å². The molecule has 2 atom stereocenters. The lowest BCUT2D eigenvalue weighted by molar-refractivity contribution is 0.340. The third-order valence-corrected chi connectivity index (χ3v) is 3.34. The topological polar surface area (TPSA) is 3.24 Å². The van der Waals surface area contributed by atoms with Gasteiger partial charge in [0, 0.05) is 25.9 Å². The zero-order valence-electron chi connectivity index (χ0n) is 13.0. The molecule has 0 N–H and O–H groups in total. The van der Waals surface area contributed by atoms with Gasteiger partial charge in [-0.25, -0.2) is 0 Å². The van der Waals surface area contributed by atoms with Gasteiger partial charge in [0.2, 0.25) is 0 Å². The van der Waals surface area contributed by atoms with E-state index in [1.165, 1.54) is 25.7 Å². The van der Waals surface area contributed by atoms with E-state index in [1.54, 1.807) is 0 Å². The SMILES string of the molecule is CCC#CC(CC)C(C)CCN(C)/C=C\CCC. The Kier molecular flexibility index (Phi) is 10.6. The highest BCUT2D eigenvalue weighted by Gasteiger charge is 2.12. The van der Waals surface area contributed by atoms with E-state index in [1.807, 2.05) is 0 Å². The zero-order chi connectivity index (χ0) is 13.8. The highest BCUT2D eigenvalue weighted by molar-refractivity contribution is 5.04. The monoisotopic (exact) mass is 249 g/mol. The third kappa shape index (κ3) is 8.23. The summed E-state index contributed by atoms with van der Waals surface area (Å²) in [5, 5.41) is 0. The lowest BCUT2D eigenvalue weighted by atomic mass is 9.89. The summed E-state index contributed by atoms with van der Waals surface area (Å²) in [6, 6.07) is 0. The molecule has 1 heteroatoms. The van der Waals surface area contributed by atoms with Crippen LogP contribution in [0.2, 0.25) is 0 Å². The molecule has 0 saturated heterocycles. The van der Waals surface area contributed by atoms with Crippen molar-refractivity contribution in [2.75, 3.05) is 13.6 Å². The second kappa shape index (κ2) is 11.2. The van der Waals surface area contributed by atoms with E-state index in [-0.39, 0.29) is 0 Å². The van der Waals surface area contributed by atoms with Gasteiger partial charge in [-0.05, 0) is 31.4 Å². The average molecular weight is 249 g/mol. The summed E-state index contributed by atoms with van der Waals surface area (Å²) in [7, 11) is 2.16. The first-order chi connectivity index (χ1) is 8.65. The van der Waals surface area contributed by atoms with Crippen LogP contribution in [0.5, 0.6) is 0 Å². The van der Waals surface area contributed by atoms with Gasteiger partial charge in [0.1, 0.15) is 0 Å². The average Bonchev–Trinajstić information content (AvgIpc) is 2.37. The molecule has 104 valence electrons. The van der Waals surface area contributed by atoms with Gasteiger partial charge >= 0.3 is 0 Å². The number of hydrogen-bond donors (Lipinski definition) is 0. The fraction of sp³-hybridized carbons (Fsp3) is 0.765. The molecule has 2 unspecified atom stereocenters. The van der Waals surface area contributed by atoms with Crippen LogP contribution in [0.3, 0.4) is 0 Å². The van der Waals surface area contributed by atoms with Crippen LogP contribution < -0.4 is 0 Å². The van der Waals surface area contributed by atoms with E-state index < -0.39 is 0 Å². The van der Waals surface area contributed by atoms with Gasteiger partial charge in [-0.3, -0.25) is 0 Å². The summed E-state index contributed by atoms with van der Waals surface area (Å²) in [5.74, 6) is 7.90. The van der Waals surface area contributed by atoms with E-state index in [2.05, 4.69) is 63.8 Å². The largest absolute Gasteiger partial charge is 0.381 e. The Morgan fingerprint density at radius 2 is 1.94 bits per heavy atom. The van der Waals surface area contributed by atoms with Gasteiger partial charge in [0.25, 0.3) is 0 Å². The van der Waals surface area contributed by atoms with E-state index >= 15 is 0 Å². The fourth-order valence-electron chi connectivity index (χ4n) is 1.98. The van der Waals surface area contributed by atoms with E-state index in [4.69, 9.17) is 0 Å². The van der Waals surface area contributed by atoms with Crippen molar-refractivity contribution in [2.45, 2.75) is 59.8 Å². The van der Waals surface area contributed by atoms with Gasteiger partial charge < -0.3 is 4.90 Å². The maximum atomic E-state index is 3.41. The summed E-state index contributed by atoms with van der Waals surface area (Å²) in [5.41, 5.74) is 0. The van der Waals surface area contributed by atoms with Gasteiger partial charge in [0.15, 0.2) is 0 Å². The van der Waals surface area contributed by atoms with Crippen LogP contribution in [0.25, 0.3) is 0 Å². The first-order valence-electron chi connectivity index (χ1n) is 7.50. The van der Waals surface area contributed by atoms with Crippen molar-refractivity contribution in [1.82, 2.24) is 4.90 Å². The molecule has 0 rings (SSSR count). The maximum Gasteiger partial charge on any atom is 0.0226 e. The quantitative estimate of drug-likeness (QED) is 0.564. The molecule has 0 fully saturated rings. The predicted molar refractivity (Wildman–Crippen MR) is 82.3 cm³/mol. The van der Waals surface area contributed by atoms with Crippen LogP contribution in [-0.2, 0) is 0 Å². The molecule has 0 aliphatic rings. The van der Waals surface area contributed by atoms with Crippen LogP contribution in [-0.4, -0.2) is 18.5 Å². The van der Waals surface area contributed by atoms with Crippen LogP contribution in [0.15, 0.2) is 12.3 Å². The van der Waals surface area contributed by atoms with Crippen molar-refractivity contribution in [2.24, 2.45) is 11.8 Å². The molecule has 0 aliphatic carbocycles. The van der Waals surface area contributed by atoms with Crippen LogP contribution in [0, 0.1) is 23.7 Å². The molecule has 0 bridgehead atoms. The summed E-state index contributed by atoms with van der Waals surface area (Å²) in [6.45, 7) is 10.0. The molecule has 0 radical (unpaired) electrons. The smallest absolute Gasteiger partial charge is 0.0226 e. The van der Waals surface area contributed by atoms with Crippen molar-refractivity contribution < 1.29 is 0 Å². The Hall–Kier alpha value is -0.900. The second-order valence-electron chi connectivity index (χ2n) is 5.11. The third-order valence-electron chi connectivity index (χ3n) is 3.34. The minimum Gasteiger partial charge on any atom is -0.381 e. The van der Waals surface area contributed by atoms with Gasteiger partial charge in [-0.2, -0.15) is 0 Å². The van der Waals surface area contributed by atoms with Crippen molar-refractivity contribution in [3.05, 3.63) is 12.3 Å². The highest BCUT2D eigenvalue weighted by Crippen LogP contribution is 2.18. The van der Waals surface area contributed by atoms with Gasteiger partial charge in [-0.15, -0.1) is 5.92 Å². The second-order valence-corrected chi connectivity index (χ2v) is 5.11. The summed E-state index contributed by atoms with van der Waals surface area (Å²) < 4.78 is 0. The molecule has 1 nitrogen and oxygen atoms in total. The highest BCUT2D eigenvalue weighted by atomic mass is 15.1. The van der Waals surface area contributed by atoms with Gasteiger partial charge in [-0.1, -0.05) is 46.1 Å². The summed E-state index contributed by atoms with van der Waals surface area (Å²) in [4.78, 5) is 2.30. The molecule has 18 heavy (non-hydrogen) atoms. The lowest BCUT2D eigenvalue weighted by Gasteiger charge is -2.21. The maximum absolute atomic E-state index is 3.41. The molecular weight excluding hydrogens is 218 g/mol. The van der Waals surface area contributed by atoms with Crippen molar-refractivity contribution in [1.29, 1.82) is 0 Å². The normalized spacial score (nSPS) is 14.1. The van der Waals surface area contributed by atoms with Crippen LogP contribution in [0.1, 0.15) is 59.8 Å². The van der Waals surface area contributed by atoms with E-state index in [0.717, 1.165) is 13.0 Å². The Labute approximate surface area is 115 Å². The number of hydrogen-bond acceptors (Lipinski definition) is 1. The molecule has 0 heterocycles. The number of nitrogens with zero attached hydrogens (tertiary/aromatic N) is 1. The van der Waals surface area contributed by atoms with Crippen molar-refractivity contribution in [3.63, 3.8) is 0 Å². The number of allylic oxidation sites excluding steroid dienone is 1. The predicted octanol–water partition coefficient (Wildman–Crippen LogP) is 4.70. The Bertz CT molecular complexity index is 269. The number of unbranched alkanes of at least 4 members (excludes halogenated alkanes) is 1. The molecule has 0 aromatic heterocycles. The standard InChI is InChI=1S/C17H31N/c1-6-9-11-14-18(5)15-13-16(4)17(8-3)12-10-7-2/h11,14,16-17H,6-9,13,15H2,1-5H3/b14-11-. The van der Waals surface area contributed by atoms with Crippen LogP contribution in [0.4, 0.5) is 0 Å². The molecule has 0 saturated carbocycles. The minimum absolute atomic E-state index is 0.568. The first kappa shape index (κ1) is 17.1. The molecule has 0 spiro atoms. The minimum atomic E-state index is 0.568. The molecule has 0 aliphatic heterocycles. The van der Waals surface area contributed by atoms with Gasteiger partial charge in [0.05, 0.1) is 0 Å². The van der Waals surface area contributed by atoms with Crippen molar-refractivity contribution >= 4 is 0 Å². The van der Waals surface area contributed by atoms with E-state index in [0.29, 0.717) is 11.8 Å². The molecular formula is C17H31N.